The topological polar surface area (TPSA) is 52.6 Å². The molecule has 1 saturated carbocycles. The van der Waals surface area contributed by atoms with Crippen LogP contribution < -0.4 is 10.1 Å². The molecule has 1 aliphatic carbocycles. The average molecular weight is 280 g/mol. The van der Waals surface area contributed by atoms with E-state index < -0.39 is 0 Å². The highest BCUT2D eigenvalue weighted by molar-refractivity contribution is 5.17. The van der Waals surface area contributed by atoms with Crippen LogP contribution in [0.15, 0.2) is 24.5 Å². The van der Waals surface area contributed by atoms with Gasteiger partial charge in [0.25, 0.3) is 0 Å². The second kappa shape index (κ2) is 8.19. The number of ether oxygens (including phenoxy) is 3. The van der Waals surface area contributed by atoms with E-state index in [1.54, 1.807) is 19.5 Å². The molecule has 20 heavy (non-hydrogen) atoms. The maximum absolute atomic E-state index is 5.94. The average Bonchev–Trinajstić information content (AvgIpc) is 2.47. The molecule has 2 rings (SSSR count). The van der Waals surface area contributed by atoms with Crippen LogP contribution in [0.25, 0.3) is 0 Å². The number of nitrogens with zero attached hydrogens (tertiary/aromatic N) is 1. The van der Waals surface area contributed by atoms with Gasteiger partial charge in [0.2, 0.25) is 0 Å². The summed E-state index contributed by atoms with van der Waals surface area (Å²) in [6.45, 7) is 4.37. The molecular weight excluding hydrogens is 256 g/mol. The van der Waals surface area contributed by atoms with E-state index >= 15 is 0 Å². The minimum Gasteiger partial charge on any atom is -0.486 e. The van der Waals surface area contributed by atoms with E-state index in [0.717, 1.165) is 25.1 Å². The SMILES string of the molecule is CCCNC1CC(Oc2cccnc2)C1OCCOC. The van der Waals surface area contributed by atoms with Crippen molar-refractivity contribution >= 4 is 0 Å². The highest BCUT2D eigenvalue weighted by atomic mass is 16.6. The van der Waals surface area contributed by atoms with Crippen LogP contribution in [-0.4, -0.2) is 50.1 Å². The summed E-state index contributed by atoms with van der Waals surface area (Å²) in [5, 5.41) is 3.50. The molecule has 0 amide bonds. The lowest BCUT2D eigenvalue weighted by Gasteiger charge is -2.44. The number of hydrogen-bond donors (Lipinski definition) is 1. The lowest BCUT2D eigenvalue weighted by molar-refractivity contribution is -0.115. The maximum atomic E-state index is 5.94. The molecule has 0 spiro atoms. The molecule has 1 fully saturated rings. The first-order valence-corrected chi connectivity index (χ1v) is 7.25. The molecule has 112 valence electrons. The Morgan fingerprint density at radius 1 is 1.40 bits per heavy atom. The third-order valence-electron chi connectivity index (χ3n) is 3.43. The van der Waals surface area contributed by atoms with Gasteiger partial charge in [-0.3, -0.25) is 4.98 Å². The van der Waals surface area contributed by atoms with Gasteiger partial charge in [0.15, 0.2) is 0 Å². The molecule has 0 bridgehead atoms. The Morgan fingerprint density at radius 2 is 2.30 bits per heavy atom. The molecule has 1 N–H and O–H groups in total. The number of aromatic nitrogens is 1. The van der Waals surface area contributed by atoms with Gasteiger partial charge in [0.05, 0.1) is 19.4 Å². The largest absolute Gasteiger partial charge is 0.486 e. The van der Waals surface area contributed by atoms with Crippen molar-refractivity contribution in [1.29, 1.82) is 0 Å². The third-order valence-corrected chi connectivity index (χ3v) is 3.43. The lowest BCUT2D eigenvalue weighted by atomic mass is 9.85. The monoisotopic (exact) mass is 280 g/mol. The van der Waals surface area contributed by atoms with Crippen molar-refractivity contribution < 1.29 is 14.2 Å². The minimum absolute atomic E-state index is 0.0805. The number of methoxy groups -OCH3 is 1. The summed E-state index contributed by atoms with van der Waals surface area (Å²) in [7, 11) is 1.68. The molecule has 1 aliphatic rings. The van der Waals surface area contributed by atoms with Crippen LogP contribution in [0.2, 0.25) is 0 Å². The summed E-state index contributed by atoms with van der Waals surface area (Å²) in [6.07, 6.45) is 5.73. The number of hydrogen-bond acceptors (Lipinski definition) is 5. The van der Waals surface area contributed by atoms with Crippen LogP contribution in [0.4, 0.5) is 0 Å². The fourth-order valence-electron chi connectivity index (χ4n) is 2.31. The quantitative estimate of drug-likeness (QED) is 0.697. The molecule has 1 heterocycles. The summed E-state index contributed by atoms with van der Waals surface area (Å²) < 4.78 is 16.8. The van der Waals surface area contributed by atoms with Crippen molar-refractivity contribution in [3.63, 3.8) is 0 Å². The fraction of sp³-hybridized carbons (Fsp3) is 0.667. The Labute approximate surface area is 120 Å². The van der Waals surface area contributed by atoms with Crippen LogP contribution in [-0.2, 0) is 9.47 Å². The highest BCUT2D eigenvalue weighted by Gasteiger charge is 2.43. The fourth-order valence-corrected chi connectivity index (χ4v) is 2.31. The first kappa shape index (κ1) is 15.2. The lowest BCUT2D eigenvalue weighted by Crippen LogP contribution is -2.61. The summed E-state index contributed by atoms with van der Waals surface area (Å²) in [5.74, 6) is 0.798. The molecule has 3 atom stereocenters. The molecule has 0 aliphatic heterocycles. The predicted octanol–water partition coefficient (Wildman–Crippen LogP) is 1.63. The van der Waals surface area contributed by atoms with Gasteiger partial charge in [-0.05, 0) is 25.1 Å². The predicted molar refractivity (Wildman–Crippen MR) is 77.0 cm³/mol. The zero-order valence-corrected chi connectivity index (χ0v) is 12.2. The molecule has 0 saturated heterocycles. The van der Waals surface area contributed by atoms with Crippen LogP contribution >= 0.6 is 0 Å². The van der Waals surface area contributed by atoms with Crippen LogP contribution in [0.3, 0.4) is 0 Å². The number of pyridine rings is 1. The van der Waals surface area contributed by atoms with Gasteiger partial charge in [0.1, 0.15) is 18.0 Å². The Morgan fingerprint density at radius 3 is 3.00 bits per heavy atom. The van der Waals surface area contributed by atoms with E-state index in [2.05, 4.69) is 17.2 Å². The maximum Gasteiger partial charge on any atom is 0.138 e. The molecule has 1 aromatic rings. The number of rotatable bonds is 9. The second-order valence-corrected chi connectivity index (χ2v) is 4.97. The zero-order valence-electron chi connectivity index (χ0n) is 12.2. The molecule has 0 radical (unpaired) electrons. The van der Waals surface area contributed by atoms with E-state index in [9.17, 15) is 0 Å². The molecule has 5 nitrogen and oxygen atoms in total. The van der Waals surface area contributed by atoms with Gasteiger partial charge in [-0.1, -0.05) is 6.92 Å². The highest BCUT2D eigenvalue weighted by Crippen LogP contribution is 2.28. The van der Waals surface area contributed by atoms with Crippen molar-refractivity contribution in [2.75, 3.05) is 26.9 Å². The molecule has 0 aromatic carbocycles. The Balaban J connectivity index is 1.84. The van der Waals surface area contributed by atoms with E-state index in [1.807, 2.05) is 12.1 Å². The first-order chi connectivity index (χ1) is 9.85. The standard InChI is InChI=1S/C15H24N2O3/c1-3-6-17-13-10-14(15(13)19-9-8-18-2)20-12-5-4-7-16-11-12/h4-5,7,11,13-15,17H,3,6,8-10H2,1-2H3. The Bertz CT molecular complexity index is 375. The van der Waals surface area contributed by atoms with E-state index in [-0.39, 0.29) is 12.2 Å². The van der Waals surface area contributed by atoms with E-state index in [0.29, 0.717) is 19.3 Å². The summed E-state index contributed by atoms with van der Waals surface area (Å²) in [6, 6.07) is 4.17. The third kappa shape index (κ3) is 4.16. The second-order valence-electron chi connectivity index (χ2n) is 4.97. The van der Waals surface area contributed by atoms with Crippen molar-refractivity contribution in [2.45, 2.75) is 38.0 Å². The van der Waals surface area contributed by atoms with Gasteiger partial charge < -0.3 is 19.5 Å². The molecule has 5 heteroatoms. The van der Waals surface area contributed by atoms with Gasteiger partial charge in [-0.15, -0.1) is 0 Å². The molecule has 1 aromatic heterocycles. The van der Waals surface area contributed by atoms with Crippen molar-refractivity contribution in [3.8, 4) is 5.75 Å². The van der Waals surface area contributed by atoms with E-state index in [4.69, 9.17) is 14.2 Å². The van der Waals surface area contributed by atoms with E-state index in [1.165, 1.54) is 0 Å². The van der Waals surface area contributed by atoms with Gasteiger partial charge >= 0.3 is 0 Å². The van der Waals surface area contributed by atoms with Crippen LogP contribution in [0.5, 0.6) is 5.75 Å². The Hall–Kier alpha value is -1.17. The van der Waals surface area contributed by atoms with Crippen molar-refractivity contribution in [2.24, 2.45) is 0 Å². The zero-order chi connectivity index (χ0) is 14.2. The smallest absolute Gasteiger partial charge is 0.138 e. The normalized spacial score (nSPS) is 25.2. The summed E-state index contributed by atoms with van der Waals surface area (Å²) in [4.78, 5) is 4.06. The summed E-state index contributed by atoms with van der Waals surface area (Å²) >= 11 is 0. The van der Waals surface area contributed by atoms with Gasteiger partial charge in [-0.2, -0.15) is 0 Å². The van der Waals surface area contributed by atoms with Crippen LogP contribution in [0.1, 0.15) is 19.8 Å². The minimum atomic E-state index is 0.0805. The first-order valence-electron chi connectivity index (χ1n) is 7.25. The van der Waals surface area contributed by atoms with Crippen molar-refractivity contribution in [3.05, 3.63) is 24.5 Å². The molecular formula is C15H24N2O3. The van der Waals surface area contributed by atoms with Gasteiger partial charge in [-0.25, -0.2) is 0 Å². The molecule has 3 unspecified atom stereocenters. The number of nitrogens with one attached hydrogen (secondary N) is 1. The van der Waals surface area contributed by atoms with Crippen molar-refractivity contribution in [1.82, 2.24) is 10.3 Å². The summed E-state index contributed by atoms with van der Waals surface area (Å²) in [5.41, 5.74) is 0. The van der Waals surface area contributed by atoms with Crippen LogP contribution in [0, 0.1) is 0 Å². The van der Waals surface area contributed by atoms with Gasteiger partial charge in [0, 0.05) is 25.8 Å². The Kier molecular flexibility index (Phi) is 6.24.